The van der Waals surface area contributed by atoms with Crippen LogP contribution in [0, 0.1) is 5.92 Å². The van der Waals surface area contributed by atoms with Gasteiger partial charge in [0, 0.05) is 19.3 Å². The van der Waals surface area contributed by atoms with Crippen molar-refractivity contribution in [2.24, 2.45) is 5.92 Å². The van der Waals surface area contributed by atoms with E-state index in [0.717, 1.165) is 6.61 Å². The van der Waals surface area contributed by atoms with Crippen LogP contribution in [0.3, 0.4) is 0 Å². The Morgan fingerprint density at radius 2 is 2.21 bits per heavy atom. The number of hydrogen-bond acceptors (Lipinski definition) is 4. The zero-order valence-electron chi connectivity index (χ0n) is 10.5. The van der Waals surface area contributed by atoms with E-state index < -0.39 is 5.97 Å². The summed E-state index contributed by atoms with van der Waals surface area (Å²) in [5.41, 5.74) is 0.261. The molecule has 1 aromatic heterocycles. The maximum absolute atomic E-state index is 11.7. The van der Waals surface area contributed by atoms with Crippen LogP contribution in [0.2, 0.25) is 0 Å². The number of amides is 1. The van der Waals surface area contributed by atoms with E-state index in [4.69, 9.17) is 9.84 Å². The highest BCUT2D eigenvalue weighted by Gasteiger charge is 2.20. The van der Waals surface area contributed by atoms with E-state index in [-0.39, 0.29) is 11.6 Å². The molecule has 0 unspecified atom stereocenters. The topological polar surface area (TPSA) is 88.5 Å². The van der Waals surface area contributed by atoms with Gasteiger partial charge in [0.15, 0.2) is 0 Å². The highest BCUT2D eigenvalue weighted by Crippen LogP contribution is 2.28. The van der Waals surface area contributed by atoms with Crippen molar-refractivity contribution in [2.45, 2.75) is 12.8 Å². The summed E-state index contributed by atoms with van der Waals surface area (Å²) in [6, 6.07) is 2.75. The molecule has 0 aromatic carbocycles. The van der Waals surface area contributed by atoms with Crippen molar-refractivity contribution in [3.05, 3.63) is 29.6 Å². The van der Waals surface area contributed by atoms with Crippen LogP contribution < -0.4 is 5.32 Å². The highest BCUT2D eigenvalue weighted by atomic mass is 16.5. The predicted molar refractivity (Wildman–Crippen MR) is 67.1 cm³/mol. The highest BCUT2D eigenvalue weighted by molar-refractivity contribution is 5.94. The summed E-state index contributed by atoms with van der Waals surface area (Å²) in [4.78, 5) is 26.0. The van der Waals surface area contributed by atoms with Crippen LogP contribution >= 0.6 is 0 Å². The van der Waals surface area contributed by atoms with Crippen LogP contribution in [0.5, 0.6) is 0 Å². The summed E-state index contributed by atoms with van der Waals surface area (Å²) >= 11 is 0. The fourth-order valence-electron chi connectivity index (χ4n) is 1.53. The number of carboxylic acid groups (broad SMARTS) is 1. The van der Waals surface area contributed by atoms with Crippen LogP contribution in [-0.2, 0) is 4.74 Å². The molecule has 0 bridgehead atoms. The smallest absolute Gasteiger partial charge is 0.354 e. The van der Waals surface area contributed by atoms with Crippen LogP contribution in [0.25, 0.3) is 0 Å². The summed E-state index contributed by atoms with van der Waals surface area (Å²) in [7, 11) is 0. The molecule has 6 nitrogen and oxygen atoms in total. The van der Waals surface area contributed by atoms with Gasteiger partial charge in [-0.05, 0) is 30.9 Å². The molecule has 1 heterocycles. The number of aromatic nitrogens is 1. The van der Waals surface area contributed by atoms with Gasteiger partial charge in [0.2, 0.25) is 0 Å². The molecule has 1 saturated carbocycles. The van der Waals surface area contributed by atoms with E-state index in [9.17, 15) is 9.59 Å². The number of aromatic carboxylic acids is 1. The molecule has 0 atom stereocenters. The van der Waals surface area contributed by atoms with Crippen LogP contribution in [0.1, 0.15) is 33.7 Å². The minimum absolute atomic E-state index is 0.0793. The van der Waals surface area contributed by atoms with Crippen molar-refractivity contribution in [3.8, 4) is 0 Å². The lowest BCUT2D eigenvalue weighted by atomic mass is 10.2. The summed E-state index contributed by atoms with van der Waals surface area (Å²) < 4.78 is 5.39. The summed E-state index contributed by atoms with van der Waals surface area (Å²) in [5, 5.41) is 11.4. The summed E-state index contributed by atoms with van der Waals surface area (Å²) in [6.45, 7) is 1.69. The Morgan fingerprint density at radius 3 is 2.79 bits per heavy atom. The first kappa shape index (κ1) is 13.5. The lowest BCUT2D eigenvalue weighted by Gasteiger charge is -2.06. The van der Waals surface area contributed by atoms with Crippen molar-refractivity contribution in [3.63, 3.8) is 0 Å². The Hall–Kier alpha value is -1.95. The number of hydrogen-bond donors (Lipinski definition) is 2. The van der Waals surface area contributed by atoms with Gasteiger partial charge < -0.3 is 15.2 Å². The van der Waals surface area contributed by atoms with Gasteiger partial charge in [0.1, 0.15) is 5.69 Å². The first-order chi connectivity index (χ1) is 9.16. The molecule has 0 saturated heterocycles. The normalized spacial score (nSPS) is 14.1. The second-order valence-electron chi connectivity index (χ2n) is 4.51. The first-order valence-corrected chi connectivity index (χ1v) is 6.22. The average Bonchev–Trinajstić information content (AvgIpc) is 3.22. The predicted octanol–water partition coefficient (Wildman–Crippen LogP) is 0.936. The molecule has 2 rings (SSSR count). The van der Waals surface area contributed by atoms with Crippen molar-refractivity contribution in [2.75, 3.05) is 19.8 Å². The first-order valence-electron chi connectivity index (χ1n) is 6.22. The molecule has 0 aliphatic heterocycles. The Kier molecular flexibility index (Phi) is 4.46. The molecule has 1 fully saturated rings. The van der Waals surface area contributed by atoms with Gasteiger partial charge in [-0.25, -0.2) is 9.78 Å². The Morgan fingerprint density at radius 1 is 1.42 bits per heavy atom. The second kappa shape index (κ2) is 6.29. The van der Waals surface area contributed by atoms with Crippen LogP contribution in [0.15, 0.2) is 18.3 Å². The fraction of sp³-hybridized carbons (Fsp3) is 0.462. The Labute approximate surface area is 110 Å². The molecule has 19 heavy (non-hydrogen) atoms. The summed E-state index contributed by atoms with van der Waals surface area (Å²) in [5.74, 6) is -0.677. The van der Waals surface area contributed by atoms with Crippen molar-refractivity contribution in [1.29, 1.82) is 0 Å². The van der Waals surface area contributed by atoms with E-state index in [1.165, 1.54) is 31.2 Å². The molecule has 1 amide bonds. The van der Waals surface area contributed by atoms with E-state index in [0.29, 0.717) is 24.6 Å². The minimum Gasteiger partial charge on any atom is -0.477 e. The molecule has 1 aromatic rings. The van der Waals surface area contributed by atoms with Crippen molar-refractivity contribution in [1.82, 2.24) is 10.3 Å². The van der Waals surface area contributed by atoms with Crippen molar-refractivity contribution < 1.29 is 19.4 Å². The SMILES string of the molecule is O=C(NCCOCC1CC1)c1ccc(C(=O)O)nc1. The van der Waals surface area contributed by atoms with Gasteiger partial charge in [-0.15, -0.1) is 0 Å². The monoisotopic (exact) mass is 264 g/mol. The van der Waals surface area contributed by atoms with Gasteiger partial charge in [0.05, 0.1) is 12.2 Å². The summed E-state index contributed by atoms with van der Waals surface area (Å²) in [6.07, 6.45) is 3.74. The third-order valence-electron chi connectivity index (χ3n) is 2.83. The van der Waals surface area contributed by atoms with Gasteiger partial charge in [0.25, 0.3) is 5.91 Å². The second-order valence-corrected chi connectivity index (χ2v) is 4.51. The molecule has 0 radical (unpaired) electrons. The van der Waals surface area contributed by atoms with Crippen LogP contribution in [0.4, 0.5) is 0 Å². The number of rotatable bonds is 7. The van der Waals surface area contributed by atoms with E-state index in [2.05, 4.69) is 10.3 Å². The molecule has 0 spiro atoms. The number of ether oxygens (including phenoxy) is 1. The number of carbonyl (C=O) groups excluding carboxylic acids is 1. The van der Waals surface area contributed by atoms with E-state index in [1.807, 2.05) is 0 Å². The number of pyridine rings is 1. The molecular weight excluding hydrogens is 248 g/mol. The molecule has 6 heteroatoms. The van der Waals surface area contributed by atoms with Gasteiger partial charge >= 0.3 is 5.97 Å². The molecule has 1 aliphatic carbocycles. The standard InChI is InChI=1S/C13H16N2O4/c16-12(14-5-6-19-8-9-1-2-9)10-3-4-11(13(17)18)15-7-10/h3-4,7,9H,1-2,5-6,8H2,(H,14,16)(H,17,18). The molecule has 102 valence electrons. The van der Waals surface area contributed by atoms with Crippen molar-refractivity contribution >= 4 is 11.9 Å². The third-order valence-corrected chi connectivity index (χ3v) is 2.83. The minimum atomic E-state index is -1.11. The lowest BCUT2D eigenvalue weighted by molar-refractivity contribution is 0.0689. The molecule has 2 N–H and O–H groups in total. The maximum Gasteiger partial charge on any atom is 0.354 e. The van der Waals surface area contributed by atoms with Gasteiger partial charge in [-0.2, -0.15) is 0 Å². The number of nitrogens with zero attached hydrogens (tertiary/aromatic N) is 1. The Bertz CT molecular complexity index is 454. The van der Waals surface area contributed by atoms with Crippen LogP contribution in [-0.4, -0.2) is 41.7 Å². The third kappa shape index (κ3) is 4.33. The molecular formula is C13H16N2O4. The number of nitrogens with one attached hydrogen (secondary N) is 1. The average molecular weight is 264 g/mol. The fourth-order valence-corrected chi connectivity index (χ4v) is 1.53. The quantitative estimate of drug-likeness (QED) is 0.715. The zero-order valence-corrected chi connectivity index (χ0v) is 10.5. The van der Waals surface area contributed by atoms with E-state index >= 15 is 0 Å². The molecule has 1 aliphatic rings. The zero-order chi connectivity index (χ0) is 13.7. The number of carboxylic acids is 1. The number of carbonyl (C=O) groups is 2. The van der Waals surface area contributed by atoms with Gasteiger partial charge in [-0.3, -0.25) is 4.79 Å². The largest absolute Gasteiger partial charge is 0.477 e. The lowest BCUT2D eigenvalue weighted by Crippen LogP contribution is -2.27. The van der Waals surface area contributed by atoms with E-state index in [1.54, 1.807) is 0 Å². The van der Waals surface area contributed by atoms with Gasteiger partial charge in [-0.1, -0.05) is 0 Å². The maximum atomic E-state index is 11.7. The Balaban J connectivity index is 1.70.